The predicted molar refractivity (Wildman–Crippen MR) is 125 cm³/mol. The molecule has 1 aliphatic rings. The quantitative estimate of drug-likeness (QED) is 0.357. The van der Waals surface area contributed by atoms with E-state index in [0.29, 0.717) is 24.4 Å². The number of carbonyl (C=O) groups excluding carboxylic acids is 2. The third-order valence-electron chi connectivity index (χ3n) is 5.50. The van der Waals surface area contributed by atoms with Crippen LogP contribution in [0, 0.1) is 10.1 Å². The molecule has 0 radical (unpaired) electrons. The van der Waals surface area contributed by atoms with Gasteiger partial charge in [0.2, 0.25) is 0 Å². The number of likely N-dealkylation sites (tertiary alicyclic amines) is 1. The van der Waals surface area contributed by atoms with Crippen molar-refractivity contribution in [3.8, 4) is 17.2 Å². The van der Waals surface area contributed by atoms with Crippen molar-refractivity contribution in [2.24, 2.45) is 0 Å². The molecule has 10 heteroatoms. The lowest BCUT2D eigenvalue weighted by molar-refractivity contribution is -0.385. The van der Waals surface area contributed by atoms with E-state index in [0.717, 1.165) is 19.3 Å². The summed E-state index contributed by atoms with van der Waals surface area (Å²) in [6.45, 7) is 1.09. The Labute approximate surface area is 197 Å². The minimum absolute atomic E-state index is 0.0713. The van der Waals surface area contributed by atoms with E-state index in [9.17, 15) is 19.7 Å². The van der Waals surface area contributed by atoms with Crippen LogP contribution in [0.25, 0.3) is 6.08 Å². The average Bonchev–Trinajstić information content (AvgIpc) is 2.87. The number of hydrogen-bond acceptors (Lipinski definition) is 7. The molecule has 10 nitrogen and oxygen atoms in total. The zero-order valence-corrected chi connectivity index (χ0v) is 19.3. The molecule has 180 valence electrons. The van der Waals surface area contributed by atoms with Crippen LogP contribution in [0.15, 0.2) is 42.1 Å². The smallest absolute Gasteiger partial charge is 0.280 e. The number of ether oxygens (including phenoxy) is 3. The molecule has 0 aliphatic carbocycles. The highest BCUT2D eigenvalue weighted by Crippen LogP contribution is 2.35. The Hall–Kier alpha value is -4.08. The average molecular weight is 469 g/mol. The summed E-state index contributed by atoms with van der Waals surface area (Å²) in [7, 11) is 4.29. The molecule has 34 heavy (non-hydrogen) atoms. The molecule has 0 unspecified atom stereocenters. The molecular weight excluding hydrogens is 442 g/mol. The highest BCUT2D eigenvalue weighted by atomic mass is 16.6. The van der Waals surface area contributed by atoms with Crippen LogP contribution in [-0.4, -0.2) is 56.1 Å². The van der Waals surface area contributed by atoms with Crippen molar-refractivity contribution in [3.63, 3.8) is 0 Å². The van der Waals surface area contributed by atoms with Crippen LogP contribution in [0.1, 0.15) is 35.2 Å². The Morgan fingerprint density at radius 1 is 0.971 bits per heavy atom. The molecule has 1 aliphatic heterocycles. The summed E-state index contributed by atoms with van der Waals surface area (Å²) in [6.07, 6.45) is 4.02. The van der Waals surface area contributed by atoms with Crippen molar-refractivity contribution in [1.82, 2.24) is 10.2 Å². The molecule has 2 aromatic carbocycles. The van der Waals surface area contributed by atoms with Gasteiger partial charge in [0.25, 0.3) is 17.5 Å². The normalized spacial score (nSPS) is 13.7. The number of rotatable bonds is 8. The molecule has 2 amide bonds. The number of nitro benzene ring substituents is 1. The van der Waals surface area contributed by atoms with Crippen molar-refractivity contribution < 1.29 is 28.7 Å². The van der Waals surface area contributed by atoms with Gasteiger partial charge in [0.05, 0.1) is 37.9 Å². The van der Waals surface area contributed by atoms with Crippen LogP contribution < -0.4 is 19.5 Å². The van der Waals surface area contributed by atoms with Gasteiger partial charge in [-0.25, -0.2) is 0 Å². The summed E-state index contributed by atoms with van der Waals surface area (Å²) in [5, 5.41) is 14.4. The van der Waals surface area contributed by atoms with E-state index in [1.54, 1.807) is 29.2 Å². The topological polar surface area (TPSA) is 120 Å². The van der Waals surface area contributed by atoms with Crippen LogP contribution >= 0.6 is 0 Å². The van der Waals surface area contributed by atoms with Crippen LogP contribution in [0.3, 0.4) is 0 Å². The van der Waals surface area contributed by atoms with Gasteiger partial charge in [0.15, 0.2) is 11.5 Å². The van der Waals surface area contributed by atoms with Crippen LogP contribution in [0.5, 0.6) is 17.2 Å². The molecule has 1 saturated heterocycles. The minimum atomic E-state index is -0.581. The molecule has 1 N–H and O–H groups in total. The molecule has 1 heterocycles. The van der Waals surface area contributed by atoms with Crippen molar-refractivity contribution >= 4 is 23.6 Å². The summed E-state index contributed by atoms with van der Waals surface area (Å²) >= 11 is 0. The van der Waals surface area contributed by atoms with Crippen LogP contribution in [-0.2, 0) is 4.79 Å². The fourth-order valence-electron chi connectivity index (χ4n) is 3.67. The molecule has 1 fully saturated rings. The molecule has 0 aromatic heterocycles. The number of carbonyl (C=O) groups is 2. The highest BCUT2D eigenvalue weighted by Gasteiger charge is 2.25. The number of hydrogen-bond donors (Lipinski definition) is 1. The second kappa shape index (κ2) is 11.2. The van der Waals surface area contributed by atoms with Crippen molar-refractivity contribution in [2.45, 2.75) is 19.3 Å². The van der Waals surface area contributed by atoms with E-state index >= 15 is 0 Å². The molecule has 2 aromatic rings. The van der Waals surface area contributed by atoms with Gasteiger partial charge in [-0.05, 0) is 55.7 Å². The molecule has 0 spiro atoms. The lowest BCUT2D eigenvalue weighted by Crippen LogP contribution is -2.41. The first-order valence-corrected chi connectivity index (χ1v) is 10.7. The van der Waals surface area contributed by atoms with Gasteiger partial charge in [-0.15, -0.1) is 0 Å². The summed E-state index contributed by atoms with van der Waals surface area (Å²) in [5.41, 5.74) is 0.0383. The van der Waals surface area contributed by atoms with Gasteiger partial charge >= 0.3 is 0 Å². The highest BCUT2D eigenvalue weighted by molar-refractivity contribution is 6.05. The second-order valence-electron chi connectivity index (χ2n) is 7.62. The number of nitrogens with one attached hydrogen (secondary N) is 1. The Morgan fingerprint density at radius 2 is 1.59 bits per heavy atom. The summed E-state index contributed by atoms with van der Waals surface area (Å²) in [4.78, 5) is 39.0. The van der Waals surface area contributed by atoms with E-state index in [1.165, 1.54) is 39.5 Å². The van der Waals surface area contributed by atoms with E-state index in [4.69, 9.17) is 14.2 Å². The van der Waals surface area contributed by atoms with Crippen LogP contribution in [0.2, 0.25) is 0 Å². The van der Waals surface area contributed by atoms with E-state index < -0.39 is 16.7 Å². The Balaban J connectivity index is 2.04. The molecule has 0 atom stereocenters. The van der Waals surface area contributed by atoms with Crippen molar-refractivity contribution in [1.29, 1.82) is 0 Å². The first-order chi connectivity index (χ1) is 16.4. The number of nitro groups is 1. The maximum Gasteiger partial charge on any atom is 0.280 e. The lowest BCUT2D eigenvalue weighted by atomic mass is 10.1. The van der Waals surface area contributed by atoms with Gasteiger partial charge in [-0.1, -0.05) is 0 Å². The molecule has 3 rings (SSSR count). The van der Waals surface area contributed by atoms with Crippen LogP contribution in [0.4, 0.5) is 5.69 Å². The van der Waals surface area contributed by atoms with Crippen molar-refractivity contribution in [2.75, 3.05) is 34.4 Å². The number of methoxy groups -OCH3 is 3. The first kappa shape index (κ1) is 24.6. The first-order valence-electron chi connectivity index (χ1n) is 10.7. The standard InChI is InChI=1S/C24H27N3O7/c1-32-18-9-7-16(8-10-18)23(28)25-19(24(29)26-11-5-4-6-12-26)13-17-14-21(33-2)22(34-3)15-20(17)27(30)31/h7-10,13-15H,4-6,11-12H2,1-3H3,(H,25,28). The zero-order chi connectivity index (χ0) is 24.7. The van der Waals surface area contributed by atoms with Gasteiger partial charge in [-0.2, -0.15) is 0 Å². The van der Waals surface area contributed by atoms with Gasteiger partial charge in [0, 0.05) is 18.7 Å². The van der Waals surface area contributed by atoms with Gasteiger partial charge < -0.3 is 24.4 Å². The van der Waals surface area contributed by atoms with E-state index in [-0.39, 0.29) is 28.4 Å². The third kappa shape index (κ3) is 5.64. The van der Waals surface area contributed by atoms with Gasteiger partial charge in [-0.3, -0.25) is 19.7 Å². The zero-order valence-electron chi connectivity index (χ0n) is 19.3. The lowest BCUT2D eigenvalue weighted by Gasteiger charge is -2.27. The number of benzene rings is 2. The van der Waals surface area contributed by atoms with E-state index in [1.807, 2.05) is 0 Å². The third-order valence-corrected chi connectivity index (χ3v) is 5.50. The maximum atomic E-state index is 13.3. The Morgan fingerprint density at radius 3 is 2.15 bits per heavy atom. The molecule has 0 bridgehead atoms. The number of nitrogens with zero attached hydrogens (tertiary/aromatic N) is 2. The number of piperidine rings is 1. The summed E-state index contributed by atoms with van der Waals surface area (Å²) in [6, 6.07) is 9.01. The SMILES string of the molecule is COc1ccc(C(=O)NC(=Cc2cc(OC)c(OC)cc2[N+](=O)[O-])C(=O)N2CCCCC2)cc1. The Bertz CT molecular complexity index is 1090. The maximum absolute atomic E-state index is 13.3. The Kier molecular flexibility index (Phi) is 8.07. The summed E-state index contributed by atoms with van der Waals surface area (Å²) in [5.74, 6) is 0.0776. The predicted octanol–water partition coefficient (Wildman–Crippen LogP) is 3.40. The fraction of sp³-hybridized carbons (Fsp3) is 0.333. The monoisotopic (exact) mass is 469 g/mol. The number of amides is 2. The summed E-state index contributed by atoms with van der Waals surface area (Å²) < 4.78 is 15.5. The van der Waals surface area contributed by atoms with Crippen molar-refractivity contribution in [3.05, 3.63) is 63.3 Å². The fourth-order valence-corrected chi connectivity index (χ4v) is 3.67. The second-order valence-corrected chi connectivity index (χ2v) is 7.62. The van der Waals surface area contributed by atoms with Gasteiger partial charge in [0.1, 0.15) is 11.4 Å². The molecular formula is C24H27N3O7. The largest absolute Gasteiger partial charge is 0.497 e. The minimum Gasteiger partial charge on any atom is -0.497 e. The van der Waals surface area contributed by atoms with E-state index in [2.05, 4.69) is 5.32 Å². The molecule has 0 saturated carbocycles.